The van der Waals surface area contributed by atoms with E-state index >= 15 is 0 Å². The van der Waals surface area contributed by atoms with E-state index in [9.17, 15) is 9.59 Å². The monoisotopic (exact) mass is 331 g/mol. The van der Waals surface area contributed by atoms with Gasteiger partial charge in [-0.25, -0.2) is 9.59 Å². The third-order valence-electron chi connectivity index (χ3n) is 4.95. The Morgan fingerprint density at radius 2 is 1.79 bits per heavy atom. The molecule has 0 radical (unpaired) electrons. The van der Waals surface area contributed by atoms with Crippen LogP contribution < -0.4 is 5.32 Å². The normalized spacial score (nSPS) is 21.6. The molecule has 0 aromatic heterocycles. The van der Waals surface area contributed by atoms with Gasteiger partial charge in [0.15, 0.2) is 0 Å². The van der Waals surface area contributed by atoms with E-state index in [1.54, 1.807) is 4.90 Å². The van der Waals surface area contributed by atoms with Gasteiger partial charge in [0.25, 0.3) is 0 Å². The maximum Gasteiger partial charge on any atom is 0.409 e. The molecule has 0 bridgehead atoms. The molecule has 0 aliphatic carbocycles. The van der Waals surface area contributed by atoms with E-state index in [-0.39, 0.29) is 24.2 Å². The van der Waals surface area contributed by atoms with Crippen LogP contribution in [-0.4, -0.2) is 54.7 Å². The largest absolute Gasteiger partial charge is 0.453 e. The van der Waals surface area contributed by atoms with E-state index in [0.717, 1.165) is 32.2 Å². The summed E-state index contributed by atoms with van der Waals surface area (Å²) in [4.78, 5) is 27.8. The van der Waals surface area contributed by atoms with Crippen molar-refractivity contribution < 1.29 is 14.3 Å². The van der Waals surface area contributed by atoms with Crippen LogP contribution in [-0.2, 0) is 4.74 Å². The number of methoxy groups -OCH3 is 1. The molecule has 2 aliphatic heterocycles. The molecule has 1 unspecified atom stereocenters. The topological polar surface area (TPSA) is 61.9 Å². The fourth-order valence-corrected chi connectivity index (χ4v) is 3.62. The third-order valence-corrected chi connectivity index (χ3v) is 4.95. The van der Waals surface area contributed by atoms with Gasteiger partial charge in [0, 0.05) is 25.7 Å². The van der Waals surface area contributed by atoms with Gasteiger partial charge in [-0.1, -0.05) is 30.3 Å². The summed E-state index contributed by atoms with van der Waals surface area (Å²) < 4.78 is 4.74. The van der Waals surface area contributed by atoms with Crippen LogP contribution in [0.3, 0.4) is 0 Å². The van der Waals surface area contributed by atoms with Crippen molar-refractivity contribution >= 4 is 12.1 Å². The number of urea groups is 1. The lowest BCUT2D eigenvalue weighted by Crippen LogP contribution is -2.50. The Labute approximate surface area is 142 Å². The molecule has 1 aromatic carbocycles. The number of amides is 3. The Bertz CT molecular complexity index is 570. The van der Waals surface area contributed by atoms with Crippen LogP contribution in [0.25, 0.3) is 0 Å². The summed E-state index contributed by atoms with van der Waals surface area (Å²) in [7, 11) is 1.40. The molecule has 3 amide bonds. The summed E-state index contributed by atoms with van der Waals surface area (Å²) in [6, 6.07) is 10.5. The van der Waals surface area contributed by atoms with Crippen LogP contribution >= 0.6 is 0 Å². The first-order valence-electron chi connectivity index (χ1n) is 8.64. The van der Waals surface area contributed by atoms with E-state index in [1.165, 1.54) is 12.7 Å². The summed E-state index contributed by atoms with van der Waals surface area (Å²) in [6.45, 7) is 2.05. The van der Waals surface area contributed by atoms with Crippen LogP contribution in [0, 0.1) is 0 Å². The lowest BCUT2D eigenvalue weighted by molar-refractivity contribution is 0.109. The van der Waals surface area contributed by atoms with Gasteiger partial charge in [0.05, 0.1) is 13.2 Å². The number of piperidine rings is 1. The molecule has 2 heterocycles. The highest BCUT2D eigenvalue weighted by Crippen LogP contribution is 2.31. The Kier molecular flexibility index (Phi) is 5.23. The van der Waals surface area contributed by atoms with Crippen molar-refractivity contribution in [3.05, 3.63) is 35.9 Å². The minimum atomic E-state index is -0.288. The van der Waals surface area contributed by atoms with E-state index in [1.807, 2.05) is 23.1 Å². The first kappa shape index (κ1) is 16.6. The number of hydrogen-bond donors (Lipinski definition) is 1. The van der Waals surface area contributed by atoms with Gasteiger partial charge in [-0.3, -0.25) is 0 Å². The summed E-state index contributed by atoms with van der Waals surface area (Å²) >= 11 is 0. The molecule has 3 rings (SSSR count). The number of rotatable bonds is 2. The summed E-state index contributed by atoms with van der Waals surface area (Å²) in [5.74, 6) is 0. The number of carbonyl (C=O) groups excluding carboxylic acids is 2. The highest BCUT2D eigenvalue weighted by atomic mass is 16.5. The number of hydrogen-bond acceptors (Lipinski definition) is 3. The van der Waals surface area contributed by atoms with Crippen molar-refractivity contribution in [3.8, 4) is 0 Å². The Balaban J connectivity index is 1.54. The smallest absolute Gasteiger partial charge is 0.409 e. The number of nitrogens with one attached hydrogen (secondary N) is 1. The maximum atomic E-state index is 12.7. The third kappa shape index (κ3) is 3.63. The van der Waals surface area contributed by atoms with Gasteiger partial charge in [-0.15, -0.1) is 0 Å². The number of likely N-dealkylation sites (tertiary alicyclic amines) is 2. The minimum Gasteiger partial charge on any atom is -0.453 e. The average Bonchev–Trinajstić information content (AvgIpc) is 3.12. The standard InChI is InChI=1S/C18H25N3O3/c1-24-18(23)20-12-9-15(10-13-20)19-17(22)21-11-5-8-16(21)14-6-3-2-4-7-14/h2-4,6-7,15-16H,5,8-13H2,1H3,(H,19,22). The van der Waals surface area contributed by atoms with Gasteiger partial charge >= 0.3 is 12.1 Å². The quantitative estimate of drug-likeness (QED) is 0.906. The van der Waals surface area contributed by atoms with E-state index in [2.05, 4.69) is 17.4 Å². The zero-order chi connectivity index (χ0) is 16.9. The maximum absolute atomic E-state index is 12.7. The van der Waals surface area contributed by atoms with Gasteiger partial charge < -0.3 is 19.9 Å². The van der Waals surface area contributed by atoms with Crippen LogP contribution in [0.2, 0.25) is 0 Å². The highest BCUT2D eigenvalue weighted by Gasteiger charge is 2.32. The average molecular weight is 331 g/mol. The van der Waals surface area contributed by atoms with Crippen LogP contribution in [0.1, 0.15) is 37.3 Å². The zero-order valence-corrected chi connectivity index (χ0v) is 14.1. The zero-order valence-electron chi connectivity index (χ0n) is 14.1. The van der Waals surface area contributed by atoms with Crippen molar-refractivity contribution in [3.63, 3.8) is 0 Å². The first-order valence-corrected chi connectivity index (χ1v) is 8.64. The van der Waals surface area contributed by atoms with Crippen LogP contribution in [0.4, 0.5) is 9.59 Å². The van der Waals surface area contributed by atoms with E-state index in [0.29, 0.717) is 13.1 Å². The van der Waals surface area contributed by atoms with E-state index in [4.69, 9.17) is 4.74 Å². The highest BCUT2D eigenvalue weighted by molar-refractivity contribution is 5.75. The summed E-state index contributed by atoms with van der Waals surface area (Å²) in [5, 5.41) is 3.15. The van der Waals surface area contributed by atoms with Gasteiger partial charge in [-0.2, -0.15) is 0 Å². The molecule has 130 valence electrons. The molecule has 1 aromatic rings. The number of carbonyl (C=O) groups is 2. The summed E-state index contributed by atoms with van der Waals surface area (Å²) in [5.41, 5.74) is 1.20. The number of benzene rings is 1. The predicted molar refractivity (Wildman–Crippen MR) is 90.7 cm³/mol. The fourth-order valence-electron chi connectivity index (χ4n) is 3.62. The van der Waals surface area contributed by atoms with Crippen molar-refractivity contribution in [2.45, 2.75) is 37.8 Å². The second-order valence-corrected chi connectivity index (χ2v) is 6.44. The Hall–Kier alpha value is -2.24. The number of nitrogens with zero attached hydrogens (tertiary/aromatic N) is 2. The van der Waals surface area contributed by atoms with Crippen LogP contribution in [0.5, 0.6) is 0 Å². The molecular formula is C18H25N3O3. The Morgan fingerprint density at radius 1 is 1.08 bits per heavy atom. The predicted octanol–water partition coefficient (Wildman–Crippen LogP) is 2.76. The van der Waals surface area contributed by atoms with Crippen LogP contribution in [0.15, 0.2) is 30.3 Å². The van der Waals surface area contributed by atoms with Gasteiger partial charge in [-0.05, 0) is 31.2 Å². The lowest BCUT2D eigenvalue weighted by atomic mass is 10.0. The number of ether oxygens (including phenoxy) is 1. The molecular weight excluding hydrogens is 306 g/mol. The fraction of sp³-hybridized carbons (Fsp3) is 0.556. The minimum absolute atomic E-state index is 0.0119. The van der Waals surface area contributed by atoms with Gasteiger partial charge in [0.2, 0.25) is 0 Å². The lowest BCUT2D eigenvalue weighted by Gasteiger charge is -2.33. The van der Waals surface area contributed by atoms with E-state index < -0.39 is 0 Å². The molecule has 2 saturated heterocycles. The second kappa shape index (κ2) is 7.55. The van der Waals surface area contributed by atoms with Crippen molar-refractivity contribution in [2.24, 2.45) is 0 Å². The molecule has 1 N–H and O–H groups in total. The SMILES string of the molecule is COC(=O)N1CCC(NC(=O)N2CCCC2c2ccccc2)CC1. The molecule has 6 heteroatoms. The molecule has 0 saturated carbocycles. The summed E-state index contributed by atoms with van der Waals surface area (Å²) in [6.07, 6.45) is 3.30. The molecule has 1 atom stereocenters. The first-order chi connectivity index (χ1) is 11.7. The van der Waals surface area contributed by atoms with Crippen molar-refractivity contribution in [1.82, 2.24) is 15.1 Å². The molecule has 0 spiro atoms. The molecule has 6 nitrogen and oxygen atoms in total. The molecule has 24 heavy (non-hydrogen) atoms. The van der Waals surface area contributed by atoms with Crippen molar-refractivity contribution in [1.29, 1.82) is 0 Å². The van der Waals surface area contributed by atoms with Gasteiger partial charge in [0.1, 0.15) is 0 Å². The van der Waals surface area contributed by atoms with Crippen molar-refractivity contribution in [2.75, 3.05) is 26.7 Å². The molecule has 2 aliphatic rings. The second-order valence-electron chi connectivity index (χ2n) is 6.44. The Morgan fingerprint density at radius 3 is 2.46 bits per heavy atom. The molecule has 2 fully saturated rings.